The molecule has 3 aliphatic rings. The van der Waals surface area contributed by atoms with Crippen LogP contribution in [-0.4, -0.2) is 16.3 Å². The normalized spacial score (nSPS) is 38.0. The number of benzene rings is 1. The van der Waals surface area contributed by atoms with Crippen LogP contribution in [-0.2, 0) is 11.8 Å². The van der Waals surface area contributed by atoms with Crippen molar-refractivity contribution in [2.45, 2.75) is 63.9 Å². The minimum absolute atomic E-state index is 0.111. The lowest BCUT2D eigenvalue weighted by molar-refractivity contribution is 0.157. The van der Waals surface area contributed by atoms with E-state index in [4.69, 9.17) is 0 Å². The van der Waals surface area contributed by atoms with Gasteiger partial charge >= 0.3 is 0 Å². The molecule has 0 spiro atoms. The third-order valence-corrected chi connectivity index (χ3v) is 6.39. The van der Waals surface area contributed by atoms with Gasteiger partial charge in [0.2, 0.25) is 0 Å². The Kier molecular flexibility index (Phi) is 2.63. The van der Waals surface area contributed by atoms with E-state index < -0.39 is 0 Å². The lowest BCUT2D eigenvalue weighted by atomic mass is 9.56. The Hall–Kier alpha value is -1.28. The number of phenolic OH excluding ortho intramolecular Hbond substituents is 1. The fourth-order valence-corrected chi connectivity index (χ4v) is 5.26. The van der Waals surface area contributed by atoms with Crippen LogP contribution in [0.1, 0.15) is 57.1 Å². The Morgan fingerprint density at radius 3 is 2.71 bits per heavy atom. The lowest BCUT2D eigenvalue weighted by Gasteiger charge is -2.48. The second-order valence-corrected chi connectivity index (χ2v) is 7.75. The van der Waals surface area contributed by atoms with Crippen molar-refractivity contribution in [1.29, 1.82) is 0 Å². The standard InChI is InChI=1S/C19H24O2/c1-18-7-8-19(2)15-6-4-13(20)9-12(15)3-5-16(19)17(18)10-14(21)11-18/h4,6,9,14,20-21H,3,5,7-8,10-11H2,1-2H3/t14-,18-,19-/m0/s1. The number of aromatic hydroxyl groups is 1. The monoisotopic (exact) mass is 284 g/mol. The largest absolute Gasteiger partial charge is 0.508 e. The molecule has 112 valence electrons. The Bertz CT molecular complexity index is 645. The van der Waals surface area contributed by atoms with Gasteiger partial charge in [-0.25, -0.2) is 0 Å². The molecule has 0 amide bonds. The van der Waals surface area contributed by atoms with Gasteiger partial charge in [0.05, 0.1) is 6.10 Å². The first kappa shape index (κ1) is 13.4. The van der Waals surface area contributed by atoms with Crippen molar-refractivity contribution in [2.24, 2.45) is 5.41 Å². The first-order valence-electron chi connectivity index (χ1n) is 8.16. The summed E-state index contributed by atoms with van der Waals surface area (Å²) in [4.78, 5) is 0. The number of allylic oxidation sites excluding steroid dienone is 1. The Morgan fingerprint density at radius 2 is 1.90 bits per heavy atom. The van der Waals surface area contributed by atoms with Crippen LogP contribution in [0.2, 0.25) is 0 Å². The second kappa shape index (κ2) is 4.13. The lowest BCUT2D eigenvalue weighted by Crippen LogP contribution is -2.38. The first-order chi connectivity index (χ1) is 9.92. The summed E-state index contributed by atoms with van der Waals surface area (Å²) in [6, 6.07) is 5.90. The molecule has 2 N–H and O–H groups in total. The summed E-state index contributed by atoms with van der Waals surface area (Å²) in [5.41, 5.74) is 6.18. The van der Waals surface area contributed by atoms with E-state index >= 15 is 0 Å². The molecule has 2 nitrogen and oxygen atoms in total. The van der Waals surface area contributed by atoms with Crippen LogP contribution in [0, 0.1) is 5.41 Å². The zero-order chi connectivity index (χ0) is 14.8. The van der Waals surface area contributed by atoms with Crippen LogP contribution in [0.15, 0.2) is 29.3 Å². The van der Waals surface area contributed by atoms with Crippen molar-refractivity contribution < 1.29 is 10.2 Å². The molecular formula is C19H24O2. The highest BCUT2D eigenvalue weighted by atomic mass is 16.3. The van der Waals surface area contributed by atoms with Gasteiger partial charge in [-0.3, -0.25) is 0 Å². The van der Waals surface area contributed by atoms with Crippen molar-refractivity contribution in [1.82, 2.24) is 0 Å². The first-order valence-corrected chi connectivity index (χ1v) is 8.16. The molecule has 0 heterocycles. The third-order valence-electron chi connectivity index (χ3n) is 6.39. The average molecular weight is 284 g/mol. The molecule has 21 heavy (non-hydrogen) atoms. The maximum atomic E-state index is 10.2. The zero-order valence-corrected chi connectivity index (χ0v) is 12.9. The summed E-state index contributed by atoms with van der Waals surface area (Å²) in [6.07, 6.45) is 6.08. The number of aryl methyl sites for hydroxylation is 1. The molecule has 1 aromatic rings. The van der Waals surface area contributed by atoms with Crippen molar-refractivity contribution >= 4 is 0 Å². The smallest absolute Gasteiger partial charge is 0.115 e. The van der Waals surface area contributed by atoms with Crippen LogP contribution >= 0.6 is 0 Å². The van der Waals surface area contributed by atoms with E-state index in [2.05, 4.69) is 19.9 Å². The van der Waals surface area contributed by atoms with Crippen molar-refractivity contribution in [3.05, 3.63) is 40.5 Å². The van der Waals surface area contributed by atoms with Crippen LogP contribution in [0.3, 0.4) is 0 Å². The van der Waals surface area contributed by atoms with Gasteiger partial charge in [-0.2, -0.15) is 0 Å². The summed E-state index contributed by atoms with van der Waals surface area (Å²) in [6.45, 7) is 4.71. The molecule has 1 saturated carbocycles. The minimum atomic E-state index is -0.152. The number of rotatable bonds is 0. The molecule has 0 radical (unpaired) electrons. The zero-order valence-electron chi connectivity index (χ0n) is 12.9. The predicted octanol–water partition coefficient (Wildman–Crippen LogP) is 3.85. The molecule has 0 aliphatic heterocycles. The molecule has 4 rings (SSSR count). The molecule has 2 heteroatoms. The summed E-state index contributed by atoms with van der Waals surface area (Å²) in [7, 11) is 0. The molecule has 3 aliphatic carbocycles. The Labute approximate surface area is 126 Å². The van der Waals surface area contributed by atoms with Gasteiger partial charge in [0.1, 0.15) is 5.75 Å². The van der Waals surface area contributed by atoms with Gasteiger partial charge in [-0.15, -0.1) is 0 Å². The molecule has 1 aromatic carbocycles. The number of phenols is 1. The fourth-order valence-electron chi connectivity index (χ4n) is 5.26. The topological polar surface area (TPSA) is 40.5 Å². The quantitative estimate of drug-likeness (QED) is 0.710. The molecular weight excluding hydrogens is 260 g/mol. The number of aliphatic hydroxyl groups excluding tert-OH is 1. The van der Waals surface area contributed by atoms with Crippen molar-refractivity contribution in [2.75, 3.05) is 0 Å². The summed E-state index contributed by atoms with van der Waals surface area (Å²) in [5.74, 6) is 0.380. The van der Waals surface area contributed by atoms with Gasteiger partial charge in [0.15, 0.2) is 0 Å². The molecule has 0 aromatic heterocycles. The van der Waals surface area contributed by atoms with Crippen molar-refractivity contribution in [3.63, 3.8) is 0 Å². The van der Waals surface area contributed by atoms with Crippen LogP contribution in [0.4, 0.5) is 0 Å². The predicted molar refractivity (Wildman–Crippen MR) is 83.4 cm³/mol. The molecule has 0 unspecified atom stereocenters. The maximum Gasteiger partial charge on any atom is 0.115 e. The highest BCUT2D eigenvalue weighted by molar-refractivity contribution is 5.52. The Morgan fingerprint density at radius 1 is 1.10 bits per heavy atom. The minimum Gasteiger partial charge on any atom is -0.508 e. The third kappa shape index (κ3) is 1.75. The average Bonchev–Trinajstić information content (AvgIpc) is 2.73. The number of fused-ring (bicyclic) bond motifs is 4. The van der Waals surface area contributed by atoms with Gasteiger partial charge < -0.3 is 10.2 Å². The van der Waals surface area contributed by atoms with Gasteiger partial charge in [0, 0.05) is 5.41 Å². The van der Waals surface area contributed by atoms with Gasteiger partial charge in [-0.1, -0.05) is 31.1 Å². The maximum absolute atomic E-state index is 10.2. The van der Waals surface area contributed by atoms with Gasteiger partial charge in [0.25, 0.3) is 0 Å². The molecule has 0 saturated heterocycles. The highest BCUT2D eigenvalue weighted by Crippen LogP contribution is 2.59. The van der Waals surface area contributed by atoms with Gasteiger partial charge in [-0.05, 0) is 67.2 Å². The summed E-state index contributed by atoms with van der Waals surface area (Å²) in [5, 5.41) is 19.9. The van der Waals surface area contributed by atoms with E-state index in [-0.39, 0.29) is 16.9 Å². The van der Waals surface area contributed by atoms with E-state index in [1.165, 1.54) is 17.5 Å². The second-order valence-electron chi connectivity index (χ2n) is 7.75. The number of aliphatic hydroxyl groups is 1. The van der Waals surface area contributed by atoms with Crippen LogP contribution in [0.5, 0.6) is 5.75 Å². The molecule has 0 bridgehead atoms. The number of hydrogen-bond acceptors (Lipinski definition) is 2. The van der Waals surface area contributed by atoms with E-state index in [0.29, 0.717) is 5.75 Å². The number of hydrogen-bond donors (Lipinski definition) is 2. The van der Waals surface area contributed by atoms with E-state index in [1.807, 2.05) is 12.1 Å². The molecule has 1 fully saturated rings. The summed E-state index contributed by atoms with van der Waals surface area (Å²) >= 11 is 0. The van der Waals surface area contributed by atoms with E-state index in [1.54, 1.807) is 11.1 Å². The fraction of sp³-hybridized carbons (Fsp3) is 0.579. The van der Waals surface area contributed by atoms with E-state index in [9.17, 15) is 10.2 Å². The summed E-state index contributed by atoms with van der Waals surface area (Å²) < 4.78 is 0. The van der Waals surface area contributed by atoms with E-state index in [0.717, 1.165) is 32.1 Å². The SMILES string of the molecule is C[C@@]12CC[C@]3(C)C(=C1C[C@H](O)C2)CCc1cc(O)ccc13. The Balaban J connectivity index is 1.90. The van der Waals surface area contributed by atoms with Crippen LogP contribution in [0.25, 0.3) is 0 Å². The van der Waals surface area contributed by atoms with Crippen molar-refractivity contribution in [3.8, 4) is 5.75 Å². The highest BCUT2D eigenvalue weighted by Gasteiger charge is 2.50. The van der Waals surface area contributed by atoms with Crippen LogP contribution < -0.4 is 0 Å². The molecule has 3 atom stereocenters.